The van der Waals surface area contributed by atoms with Gasteiger partial charge in [0.25, 0.3) is 0 Å². The molecule has 1 fully saturated rings. The molecule has 1 heterocycles. The molecule has 0 N–H and O–H groups in total. The molecule has 0 saturated carbocycles. The fraction of sp³-hybridized carbons (Fsp3) is 1.00. The molecule has 0 aromatic carbocycles. The minimum atomic E-state index is 0.424. The molecule has 0 aliphatic carbocycles. The Morgan fingerprint density at radius 1 is 1.33 bits per heavy atom. The molecule has 1 heteroatoms. The van der Waals surface area contributed by atoms with Crippen LogP contribution < -0.4 is 0 Å². The monoisotopic (exact) mass is 172 g/mol. The van der Waals surface area contributed by atoms with Gasteiger partial charge < -0.3 is 4.74 Å². The van der Waals surface area contributed by atoms with Crippen LogP contribution in [0.5, 0.6) is 0 Å². The van der Waals surface area contributed by atoms with E-state index in [0.29, 0.717) is 5.41 Å². The Labute approximate surface area is 77.5 Å². The van der Waals surface area contributed by atoms with Crippen LogP contribution in [-0.4, -0.2) is 13.2 Å². The van der Waals surface area contributed by atoms with E-state index < -0.39 is 0 Å². The van der Waals surface area contributed by atoms with Crippen LogP contribution in [0.15, 0.2) is 0 Å². The lowest BCUT2D eigenvalue weighted by Crippen LogP contribution is -2.34. The van der Waals surface area contributed by atoms with Crippen molar-refractivity contribution >= 4 is 0 Å². The van der Waals surface area contributed by atoms with Crippen LogP contribution in [0.2, 0.25) is 0 Å². The van der Waals surface area contributed by atoms with Gasteiger partial charge in [0.1, 0.15) is 0 Å². The quantitative estimate of drug-likeness (QED) is 0.588. The van der Waals surface area contributed by atoms with Gasteiger partial charge in [0.2, 0.25) is 0 Å². The Kier molecular flexibility index (Phi) is 5.56. The summed E-state index contributed by atoms with van der Waals surface area (Å²) in [5, 5.41) is 0. The molecule has 1 nitrogen and oxygen atoms in total. The summed E-state index contributed by atoms with van der Waals surface area (Å²) < 4.78 is 5.42. The highest BCUT2D eigenvalue weighted by molar-refractivity contribution is 4.80. The maximum Gasteiger partial charge on any atom is 0.0519 e. The van der Waals surface area contributed by atoms with E-state index in [1.165, 1.54) is 12.8 Å². The van der Waals surface area contributed by atoms with E-state index in [2.05, 4.69) is 20.8 Å². The largest absolute Gasteiger partial charge is 0.381 e. The van der Waals surface area contributed by atoms with E-state index in [0.717, 1.165) is 19.1 Å². The van der Waals surface area contributed by atoms with E-state index in [-0.39, 0.29) is 0 Å². The first-order valence-corrected chi connectivity index (χ1v) is 5.24. The highest BCUT2D eigenvalue weighted by Gasteiger charge is 2.31. The normalized spacial score (nSPS) is 27.2. The van der Waals surface area contributed by atoms with Crippen molar-refractivity contribution in [2.45, 2.75) is 47.5 Å². The summed E-state index contributed by atoms with van der Waals surface area (Å²) in [7, 11) is 0. The fourth-order valence-corrected chi connectivity index (χ4v) is 1.83. The summed E-state index contributed by atoms with van der Waals surface area (Å²) in [4.78, 5) is 0. The highest BCUT2D eigenvalue weighted by atomic mass is 16.5. The van der Waals surface area contributed by atoms with E-state index in [9.17, 15) is 0 Å². The van der Waals surface area contributed by atoms with Gasteiger partial charge in [-0.05, 0) is 17.8 Å². The van der Waals surface area contributed by atoms with Crippen molar-refractivity contribution in [2.75, 3.05) is 13.2 Å². The number of ether oxygens (including phenoxy) is 1. The van der Waals surface area contributed by atoms with E-state index >= 15 is 0 Å². The van der Waals surface area contributed by atoms with Gasteiger partial charge in [-0.25, -0.2) is 0 Å². The summed E-state index contributed by atoms with van der Waals surface area (Å²) in [5.74, 6) is 0.876. The lowest BCUT2D eigenvalue weighted by molar-refractivity contribution is -0.0324. The van der Waals surface area contributed by atoms with E-state index in [1.807, 2.05) is 13.8 Å². The van der Waals surface area contributed by atoms with Gasteiger partial charge in [0.05, 0.1) is 6.61 Å². The standard InChI is InChI=1S/C9H18O.C2H6/c1-4-8-5-6-10-7-9(8,2)3;1-2/h8H,4-7H2,1-3H3;1-2H3. The zero-order chi connectivity index (χ0) is 9.61. The Hall–Kier alpha value is -0.0400. The van der Waals surface area contributed by atoms with Crippen molar-refractivity contribution in [1.29, 1.82) is 0 Å². The molecule has 12 heavy (non-hydrogen) atoms. The third-order valence-electron chi connectivity index (χ3n) is 2.68. The van der Waals surface area contributed by atoms with Gasteiger partial charge >= 0.3 is 0 Å². The second-order valence-corrected chi connectivity index (χ2v) is 3.94. The smallest absolute Gasteiger partial charge is 0.0519 e. The molecule has 0 radical (unpaired) electrons. The van der Waals surface area contributed by atoms with Gasteiger partial charge in [-0.1, -0.05) is 41.0 Å². The molecule has 1 rings (SSSR count). The first-order valence-electron chi connectivity index (χ1n) is 5.24. The molecule has 0 amide bonds. The number of rotatable bonds is 1. The number of hydrogen-bond donors (Lipinski definition) is 0. The minimum absolute atomic E-state index is 0.424. The molecule has 0 spiro atoms. The first-order chi connectivity index (χ1) is 5.67. The maximum atomic E-state index is 5.42. The summed E-state index contributed by atoms with van der Waals surface area (Å²) >= 11 is 0. The SMILES string of the molecule is CC.CCC1CCOCC1(C)C. The maximum absolute atomic E-state index is 5.42. The lowest BCUT2D eigenvalue weighted by atomic mass is 9.75. The van der Waals surface area contributed by atoms with Crippen molar-refractivity contribution < 1.29 is 4.74 Å². The van der Waals surface area contributed by atoms with Crippen LogP contribution in [-0.2, 0) is 4.74 Å². The summed E-state index contributed by atoms with van der Waals surface area (Å²) in [6.07, 6.45) is 2.56. The van der Waals surface area contributed by atoms with Gasteiger partial charge in [0, 0.05) is 6.61 Å². The van der Waals surface area contributed by atoms with Crippen LogP contribution >= 0.6 is 0 Å². The predicted octanol–water partition coefficient (Wildman–Crippen LogP) is 3.49. The molecule has 1 aliphatic rings. The van der Waals surface area contributed by atoms with Crippen LogP contribution in [0.4, 0.5) is 0 Å². The lowest BCUT2D eigenvalue weighted by Gasteiger charge is -2.37. The van der Waals surface area contributed by atoms with Gasteiger partial charge in [0.15, 0.2) is 0 Å². The van der Waals surface area contributed by atoms with Crippen LogP contribution in [0.25, 0.3) is 0 Å². The predicted molar refractivity (Wildman–Crippen MR) is 54.3 cm³/mol. The minimum Gasteiger partial charge on any atom is -0.381 e. The highest BCUT2D eigenvalue weighted by Crippen LogP contribution is 2.35. The Balaban J connectivity index is 0.000000561. The summed E-state index contributed by atoms with van der Waals surface area (Å²) in [6.45, 7) is 12.8. The van der Waals surface area contributed by atoms with Crippen molar-refractivity contribution in [2.24, 2.45) is 11.3 Å². The molecule has 1 saturated heterocycles. The zero-order valence-electron chi connectivity index (χ0n) is 9.31. The Morgan fingerprint density at radius 2 is 1.92 bits per heavy atom. The summed E-state index contributed by atoms with van der Waals surface area (Å²) in [5.41, 5.74) is 0.424. The molecule has 0 aromatic heterocycles. The third kappa shape index (κ3) is 3.14. The molecule has 74 valence electrons. The fourth-order valence-electron chi connectivity index (χ4n) is 1.83. The average Bonchev–Trinajstić information content (AvgIpc) is 2.07. The van der Waals surface area contributed by atoms with E-state index in [4.69, 9.17) is 4.74 Å². The zero-order valence-corrected chi connectivity index (χ0v) is 9.31. The summed E-state index contributed by atoms with van der Waals surface area (Å²) in [6, 6.07) is 0. The van der Waals surface area contributed by atoms with Crippen LogP contribution in [0, 0.1) is 11.3 Å². The second-order valence-electron chi connectivity index (χ2n) is 3.94. The molecule has 1 unspecified atom stereocenters. The van der Waals surface area contributed by atoms with Crippen LogP contribution in [0.1, 0.15) is 47.5 Å². The van der Waals surface area contributed by atoms with Crippen molar-refractivity contribution in [3.63, 3.8) is 0 Å². The topological polar surface area (TPSA) is 9.23 Å². The average molecular weight is 172 g/mol. The first kappa shape index (κ1) is 12.0. The van der Waals surface area contributed by atoms with Crippen molar-refractivity contribution in [3.05, 3.63) is 0 Å². The molecule has 0 aromatic rings. The van der Waals surface area contributed by atoms with Gasteiger partial charge in [-0.15, -0.1) is 0 Å². The second kappa shape index (κ2) is 5.58. The molecule has 0 bridgehead atoms. The Morgan fingerprint density at radius 3 is 2.25 bits per heavy atom. The van der Waals surface area contributed by atoms with Gasteiger partial charge in [-0.2, -0.15) is 0 Å². The van der Waals surface area contributed by atoms with E-state index in [1.54, 1.807) is 0 Å². The molecule has 1 aliphatic heterocycles. The Bertz CT molecular complexity index is 108. The molecular formula is C11H24O. The third-order valence-corrected chi connectivity index (χ3v) is 2.68. The van der Waals surface area contributed by atoms with Crippen LogP contribution in [0.3, 0.4) is 0 Å². The molecule has 1 atom stereocenters. The van der Waals surface area contributed by atoms with Gasteiger partial charge in [-0.3, -0.25) is 0 Å². The number of hydrogen-bond acceptors (Lipinski definition) is 1. The molecular weight excluding hydrogens is 148 g/mol. The van der Waals surface area contributed by atoms with Crippen molar-refractivity contribution in [3.8, 4) is 0 Å². The van der Waals surface area contributed by atoms with Crippen molar-refractivity contribution in [1.82, 2.24) is 0 Å².